The number of nitrogens with one attached hydrogen (secondary N) is 1. The molecule has 1 amide bonds. The van der Waals surface area contributed by atoms with Gasteiger partial charge in [0, 0.05) is 32.8 Å². The van der Waals surface area contributed by atoms with Gasteiger partial charge in [0.05, 0.1) is 7.11 Å². The first-order valence-electron chi connectivity index (χ1n) is 8.39. The second-order valence-corrected chi connectivity index (χ2v) is 7.42. The van der Waals surface area contributed by atoms with Crippen molar-refractivity contribution >= 4 is 29.3 Å². The lowest BCUT2D eigenvalue weighted by Crippen LogP contribution is -2.32. The van der Waals surface area contributed by atoms with Crippen LogP contribution < -0.4 is 10.1 Å². The highest BCUT2D eigenvalue weighted by Crippen LogP contribution is 2.29. The third-order valence-electron chi connectivity index (χ3n) is 3.85. The Kier molecular flexibility index (Phi) is 7.66. The van der Waals surface area contributed by atoms with Crippen molar-refractivity contribution in [3.05, 3.63) is 58.6 Å². The molecule has 0 radical (unpaired) electrons. The molecule has 2 aromatic carbocycles. The van der Waals surface area contributed by atoms with Crippen LogP contribution in [0.1, 0.15) is 42.6 Å². The molecule has 0 saturated carbocycles. The van der Waals surface area contributed by atoms with Gasteiger partial charge < -0.3 is 10.1 Å². The van der Waals surface area contributed by atoms with E-state index in [1.165, 1.54) is 0 Å². The summed E-state index contributed by atoms with van der Waals surface area (Å²) < 4.78 is 5.44. The Hall–Kier alpha value is -1.65. The fourth-order valence-electron chi connectivity index (χ4n) is 2.54. The van der Waals surface area contributed by atoms with E-state index in [9.17, 15) is 4.79 Å². The minimum absolute atomic E-state index is 0.0404. The van der Waals surface area contributed by atoms with Crippen LogP contribution in [-0.2, 0) is 5.75 Å². The van der Waals surface area contributed by atoms with Crippen molar-refractivity contribution in [2.24, 2.45) is 0 Å². The third-order valence-corrected chi connectivity index (χ3v) is 5.16. The highest BCUT2D eigenvalue weighted by atomic mass is 35.5. The SMILES string of the molecule is CCC[C@H](C)NC(=O)c1ccc(OC)c(CSc2ccc(Cl)cc2)c1. The average Bonchev–Trinajstić information content (AvgIpc) is 2.61. The molecule has 0 unspecified atom stereocenters. The molecule has 0 aliphatic heterocycles. The Morgan fingerprint density at radius 3 is 2.60 bits per heavy atom. The van der Waals surface area contributed by atoms with E-state index in [1.54, 1.807) is 18.9 Å². The van der Waals surface area contributed by atoms with E-state index in [0.717, 1.165) is 39.8 Å². The molecule has 3 nitrogen and oxygen atoms in total. The van der Waals surface area contributed by atoms with Crippen LogP contribution in [0, 0.1) is 0 Å². The lowest BCUT2D eigenvalue weighted by Gasteiger charge is -2.14. The number of methoxy groups -OCH3 is 1. The molecule has 0 aliphatic rings. The maximum absolute atomic E-state index is 12.4. The highest BCUT2D eigenvalue weighted by Gasteiger charge is 2.12. The lowest BCUT2D eigenvalue weighted by molar-refractivity contribution is 0.0938. The summed E-state index contributed by atoms with van der Waals surface area (Å²) in [6, 6.07) is 13.5. The van der Waals surface area contributed by atoms with Crippen molar-refractivity contribution in [3.63, 3.8) is 0 Å². The van der Waals surface area contributed by atoms with E-state index in [4.69, 9.17) is 16.3 Å². The number of carbonyl (C=O) groups excluding carboxylic acids is 1. The fraction of sp³-hybridized carbons (Fsp3) is 0.350. The molecule has 0 aliphatic carbocycles. The monoisotopic (exact) mass is 377 g/mol. The quantitative estimate of drug-likeness (QED) is 0.612. The fourth-order valence-corrected chi connectivity index (χ4v) is 3.54. The van der Waals surface area contributed by atoms with Crippen molar-refractivity contribution in [2.45, 2.75) is 43.4 Å². The largest absolute Gasteiger partial charge is 0.496 e. The van der Waals surface area contributed by atoms with Gasteiger partial charge in [0.15, 0.2) is 0 Å². The van der Waals surface area contributed by atoms with Gasteiger partial charge in [-0.3, -0.25) is 4.79 Å². The maximum atomic E-state index is 12.4. The molecule has 0 aromatic heterocycles. The first kappa shape index (κ1) is 19.7. The molecule has 0 bridgehead atoms. The lowest BCUT2D eigenvalue weighted by atomic mass is 10.1. The summed E-state index contributed by atoms with van der Waals surface area (Å²) in [5.41, 5.74) is 1.66. The van der Waals surface area contributed by atoms with Crippen molar-refractivity contribution in [2.75, 3.05) is 7.11 Å². The number of thioether (sulfide) groups is 1. The second kappa shape index (κ2) is 9.73. The van der Waals surface area contributed by atoms with Crippen molar-refractivity contribution in [3.8, 4) is 5.75 Å². The molecule has 5 heteroatoms. The van der Waals surface area contributed by atoms with E-state index in [-0.39, 0.29) is 11.9 Å². The Morgan fingerprint density at radius 2 is 1.96 bits per heavy atom. The molecular weight excluding hydrogens is 354 g/mol. The van der Waals surface area contributed by atoms with Crippen LogP contribution >= 0.6 is 23.4 Å². The van der Waals surface area contributed by atoms with Crippen LogP contribution in [0.25, 0.3) is 0 Å². The number of hydrogen-bond donors (Lipinski definition) is 1. The van der Waals surface area contributed by atoms with Gasteiger partial charge >= 0.3 is 0 Å². The minimum Gasteiger partial charge on any atom is -0.496 e. The van der Waals surface area contributed by atoms with Gasteiger partial charge in [0.1, 0.15) is 5.75 Å². The number of rotatable bonds is 8. The van der Waals surface area contributed by atoms with Gasteiger partial charge in [-0.2, -0.15) is 0 Å². The van der Waals surface area contributed by atoms with Crippen LogP contribution in [0.15, 0.2) is 47.4 Å². The Labute approximate surface area is 159 Å². The summed E-state index contributed by atoms with van der Waals surface area (Å²) >= 11 is 7.61. The summed E-state index contributed by atoms with van der Waals surface area (Å²) in [4.78, 5) is 13.5. The third kappa shape index (κ3) is 5.98. The Morgan fingerprint density at radius 1 is 1.24 bits per heavy atom. The standard InChI is InChI=1S/C20H24ClNO2S/c1-4-5-14(2)22-20(23)15-6-11-19(24-3)16(12-15)13-25-18-9-7-17(21)8-10-18/h6-12,14H,4-5,13H2,1-3H3,(H,22,23)/t14-/m0/s1. The number of benzene rings is 2. The molecule has 1 N–H and O–H groups in total. The van der Waals surface area contributed by atoms with E-state index in [0.29, 0.717) is 5.56 Å². The van der Waals surface area contributed by atoms with Crippen molar-refractivity contribution in [1.82, 2.24) is 5.32 Å². The molecule has 2 aromatic rings. The molecule has 134 valence electrons. The number of hydrogen-bond acceptors (Lipinski definition) is 3. The van der Waals surface area contributed by atoms with E-state index >= 15 is 0 Å². The van der Waals surface area contributed by atoms with Gasteiger partial charge in [-0.25, -0.2) is 0 Å². The first-order valence-corrected chi connectivity index (χ1v) is 9.76. The molecular formula is C20H24ClNO2S. The minimum atomic E-state index is -0.0404. The Balaban J connectivity index is 2.10. The zero-order valence-corrected chi connectivity index (χ0v) is 16.4. The predicted molar refractivity (Wildman–Crippen MR) is 106 cm³/mol. The van der Waals surface area contributed by atoms with Crippen LogP contribution in [0.2, 0.25) is 5.02 Å². The summed E-state index contributed by atoms with van der Waals surface area (Å²) in [6.07, 6.45) is 2.02. The zero-order valence-electron chi connectivity index (χ0n) is 14.8. The number of amides is 1. The molecule has 1 atom stereocenters. The predicted octanol–water partition coefficient (Wildman–Crippen LogP) is 5.56. The van der Waals surface area contributed by atoms with Gasteiger partial charge in [-0.15, -0.1) is 11.8 Å². The van der Waals surface area contributed by atoms with Crippen molar-refractivity contribution in [1.29, 1.82) is 0 Å². The number of carbonyl (C=O) groups is 1. The number of halogens is 1. The van der Waals surface area contributed by atoms with Crippen LogP contribution in [-0.4, -0.2) is 19.1 Å². The van der Waals surface area contributed by atoms with Crippen molar-refractivity contribution < 1.29 is 9.53 Å². The molecule has 0 fully saturated rings. The topological polar surface area (TPSA) is 38.3 Å². The average molecular weight is 378 g/mol. The highest BCUT2D eigenvalue weighted by molar-refractivity contribution is 7.98. The first-order chi connectivity index (χ1) is 12.0. The molecule has 0 spiro atoms. The molecule has 2 rings (SSSR count). The smallest absolute Gasteiger partial charge is 0.251 e. The van der Waals surface area contributed by atoms with E-state index in [2.05, 4.69) is 12.2 Å². The van der Waals surface area contributed by atoms with Gasteiger partial charge in [-0.1, -0.05) is 24.9 Å². The van der Waals surface area contributed by atoms with Crippen LogP contribution in [0.3, 0.4) is 0 Å². The second-order valence-electron chi connectivity index (χ2n) is 5.93. The van der Waals surface area contributed by atoms with E-state index < -0.39 is 0 Å². The molecule has 0 saturated heterocycles. The molecule has 0 heterocycles. The summed E-state index contributed by atoms with van der Waals surface area (Å²) in [7, 11) is 1.65. The Bertz CT molecular complexity index is 703. The number of ether oxygens (including phenoxy) is 1. The van der Waals surface area contributed by atoms with Gasteiger partial charge in [0.25, 0.3) is 5.91 Å². The van der Waals surface area contributed by atoms with Gasteiger partial charge in [-0.05, 0) is 55.8 Å². The summed E-state index contributed by atoms with van der Waals surface area (Å²) in [5, 5.41) is 3.76. The maximum Gasteiger partial charge on any atom is 0.251 e. The van der Waals surface area contributed by atoms with Crippen LogP contribution in [0.5, 0.6) is 5.75 Å². The van der Waals surface area contributed by atoms with Gasteiger partial charge in [0.2, 0.25) is 0 Å². The summed E-state index contributed by atoms with van der Waals surface area (Å²) in [6.45, 7) is 4.14. The zero-order chi connectivity index (χ0) is 18.2. The van der Waals surface area contributed by atoms with Crippen LogP contribution in [0.4, 0.5) is 0 Å². The molecule has 25 heavy (non-hydrogen) atoms. The van der Waals surface area contributed by atoms with E-state index in [1.807, 2.05) is 49.4 Å². The normalized spacial score (nSPS) is 11.8. The summed E-state index contributed by atoms with van der Waals surface area (Å²) in [5.74, 6) is 1.47.